The molecule has 0 saturated heterocycles. The van der Waals surface area contributed by atoms with Gasteiger partial charge in [-0.25, -0.2) is 9.97 Å². The van der Waals surface area contributed by atoms with Crippen molar-refractivity contribution in [3.63, 3.8) is 0 Å². The van der Waals surface area contributed by atoms with Crippen LogP contribution in [0.5, 0.6) is 0 Å². The molecule has 0 aliphatic carbocycles. The number of aromatic amines is 1. The minimum Gasteiger partial charge on any atom is -0.340 e. The van der Waals surface area contributed by atoms with Crippen LogP contribution in [0.2, 0.25) is 10.0 Å². The Morgan fingerprint density at radius 1 is 1.12 bits per heavy atom. The lowest BCUT2D eigenvalue weighted by atomic mass is 10.0. The number of carbonyl (C=O) groups is 1. The molecule has 0 amide bonds. The van der Waals surface area contributed by atoms with Crippen molar-refractivity contribution in [2.24, 2.45) is 0 Å². The van der Waals surface area contributed by atoms with Crippen molar-refractivity contribution in [2.75, 3.05) is 0 Å². The molecule has 3 aromatic rings. The summed E-state index contributed by atoms with van der Waals surface area (Å²) in [4.78, 5) is 23.7. The van der Waals surface area contributed by atoms with Crippen molar-refractivity contribution in [2.45, 2.75) is 32.1 Å². The van der Waals surface area contributed by atoms with E-state index in [0.717, 1.165) is 30.3 Å². The van der Waals surface area contributed by atoms with Gasteiger partial charge in [0.1, 0.15) is 11.6 Å². The van der Waals surface area contributed by atoms with Gasteiger partial charge in [-0.3, -0.25) is 4.79 Å². The lowest BCUT2D eigenvalue weighted by Gasteiger charge is -2.03. The van der Waals surface area contributed by atoms with E-state index in [1.807, 2.05) is 24.3 Å². The summed E-state index contributed by atoms with van der Waals surface area (Å²) in [5.41, 5.74) is 2.61. The Morgan fingerprint density at radius 2 is 1.92 bits per heavy atom. The molecule has 0 aliphatic rings. The van der Waals surface area contributed by atoms with Gasteiger partial charge in [-0.05, 0) is 55.2 Å². The average Bonchev–Trinajstić information content (AvgIpc) is 2.92. The van der Waals surface area contributed by atoms with Gasteiger partial charge in [0.15, 0.2) is 5.65 Å². The summed E-state index contributed by atoms with van der Waals surface area (Å²) in [6.07, 6.45) is 5.17. The number of imidazole rings is 1. The molecule has 2 heterocycles. The molecule has 0 fully saturated rings. The van der Waals surface area contributed by atoms with Crippen molar-refractivity contribution in [1.82, 2.24) is 15.0 Å². The zero-order valence-electron chi connectivity index (χ0n) is 13.1. The van der Waals surface area contributed by atoms with Crippen molar-refractivity contribution in [1.29, 1.82) is 0 Å². The predicted octanol–water partition coefficient (Wildman–Crippen LogP) is 4.79. The topological polar surface area (TPSA) is 58.6 Å². The van der Waals surface area contributed by atoms with E-state index < -0.39 is 0 Å². The Labute approximate surface area is 150 Å². The zero-order chi connectivity index (χ0) is 16.9. The predicted molar refractivity (Wildman–Crippen MR) is 96.6 cm³/mol. The molecule has 2 aromatic heterocycles. The number of pyridine rings is 1. The maximum Gasteiger partial charge on any atom is 0.177 e. The molecule has 0 aliphatic heterocycles. The molecule has 4 nitrogen and oxygen atoms in total. The molecule has 0 radical (unpaired) electrons. The molecule has 0 spiro atoms. The standard InChI is InChI=1S/C18H17Cl2N3O/c19-13-8-12(9-14(20)10-13)4-1-2-5-15(24)11-17-22-16-6-3-7-21-18(16)23-17/h3,6-10H,1-2,4-5,11H2,(H,21,22,23). The number of halogens is 2. The second-order valence-corrected chi connectivity index (χ2v) is 6.63. The highest BCUT2D eigenvalue weighted by Gasteiger charge is 2.09. The van der Waals surface area contributed by atoms with Gasteiger partial charge < -0.3 is 4.98 Å². The van der Waals surface area contributed by atoms with Crippen LogP contribution in [0.15, 0.2) is 36.5 Å². The Morgan fingerprint density at radius 3 is 2.67 bits per heavy atom. The van der Waals surface area contributed by atoms with E-state index >= 15 is 0 Å². The SMILES string of the molecule is O=C(CCCCc1cc(Cl)cc(Cl)c1)Cc1nc2ncccc2[nH]1. The van der Waals surface area contributed by atoms with Crippen LogP contribution in [0.4, 0.5) is 0 Å². The van der Waals surface area contributed by atoms with Crippen molar-refractivity contribution < 1.29 is 4.79 Å². The van der Waals surface area contributed by atoms with E-state index in [1.165, 1.54) is 0 Å². The summed E-state index contributed by atoms with van der Waals surface area (Å²) >= 11 is 12.0. The highest BCUT2D eigenvalue weighted by Crippen LogP contribution is 2.20. The number of rotatable bonds is 7. The summed E-state index contributed by atoms with van der Waals surface area (Å²) in [6.45, 7) is 0. The lowest BCUT2D eigenvalue weighted by Crippen LogP contribution is -2.04. The Bertz CT molecular complexity index is 807. The molecule has 0 saturated carbocycles. The van der Waals surface area contributed by atoms with Gasteiger partial charge in [-0.2, -0.15) is 0 Å². The number of unbranched alkanes of at least 4 members (excludes halogenated alkanes) is 1. The number of hydrogen-bond donors (Lipinski definition) is 1. The first-order valence-electron chi connectivity index (χ1n) is 7.86. The minimum absolute atomic E-state index is 0.179. The number of carbonyl (C=O) groups excluding carboxylic acids is 1. The van der Waals surface area contributed by atoms with Gasteiger partial charge in [0.2, 0.25) is 0 Å². The number of ketones is 1. The maximum atomic E-state index is 12.1. The molecule has 6 heteroatoms. The maximum absolute atomic E-state index is 12.1. The van der Waals surface area contributed by atoms with Crippen LogP contribution in [0.3, 0.4) is 0 Å². The molecule has 0 unspecified atom stereocenters. The Hall–Kier alpha value is -1.91. The van der Waals surface area contributed by atoms with Crippen molar-refractivity contribution >= 4 is 40.1 Å². The van der Waals surface area contributed by atoms with Crippen LogP contribution in [-0.4, -0.2) is 20.7 Å². The average molecular weight is 362 g/mol. The summed E-state index contributed by atoms with van der Waals surface area (Å²) < 4.78 is 0. The molecular formula is C18H17Cl2N3O. The molecule has 24 heavy (non-hydrogen) atoms. The van der Waals surface area contributed by atoms with Crippen LogP contribution in [0, 0.1) is 0 Å². The van der Waals surface area contributed by atoms with E-state index in [2.05, 4.69) is 15.0 Å². The Balaban J connectivity index is 1.45. The number of aromatic nitrogens is 3. The second kappa shape index (κ2) is 7.77. The second-order valence-electron chi connectivity index (χ2n) is 5.76. The largest absolute Gasteiger partial charge is 0.340 e. The molecule has 0 bridgehead atoms. The van der Waals surface area contributed by atoms with Crippen LogP contribution in [0.1, 0.15) is 30.7 Å². The summed E-state index contributed by atoms with van der Waals surface area (Å²) in [7, 11) is 0. The fourth-order valence-electron chi connectivity index (χ4n) is 2.66. The third kappa shape index (κ3) is 4.56. The first-order chi connectivity index (χ1) is 11.6. The number of H-pyrrole nitrogens is 1. The van der Waals surface area contributed by atoms with Gasteiger partial charge in [0.25, 0.3) is 0 Å². The lowest BCUT2D eigenvalue weighted by molar-refractivity contribution is -0.118. The van der Waals surface area contributed by atoms with Gasteiger partial charge in [-0.1, -0.05) is 23.2 Å². The molecule has 1 aromatic carbocycles. The fraction of sp³-hybridized carbons (Fsp3) is 0.278. The third-order valence-electron chi connectivity index (χ3n) is 3.76. The fourth-order valence-corrected chi connectivity index (χ4v) is 3.23. The van der Waals surface area contributed by atoms with Crippen LogP contribution >= 0.6 is 23.2 Å². The summed E-state index contributed by atoms with van der Waals surface area (Å²) in [6, 6.07) is 9.29. The highest BCUT2D eigenvalue weighted by molar-refractivity contribution is 6.34. The number of benzene rings is 1. The monoisotopic (exact) mass is 361 g/mol. The quantitative estimate of drug-likeness (QED) is 0.615. The number of nitrogens with one attached hydrogen (secondary N) is 1. The first-order valence-corrected chi connectivity index (χ1v) is 8.62. The van der Waals surface area contributed by atoms with Crippen LogP contribution < -0.4 is 0 Å². The van der Waals surface area contributed by atoms with Crippen molar-refractivity contribution in [3.05, 3.63) is 58.0 Å². The van der Waals surface area contributed by atoms with Gasteiger partial charge >= 0.3 is 0 Å². The van der Waals surface area contributed by atoms with Crippen LogP contribution in [0.25, 0.3) is 11.2 Å². The molecule has 0 atom stereocenters. The van der Waals surface area contributed by atoms with E-state index in [9.17, 15) is 4.79 Å². The smallest absolute Gasteiger partial charge is 0.177 e. The Kier molecular flexibility index (Phi) is 5.48. The normalized spacial score (nSPS) is 11.1. The van der Waals surface area contributed by atoms with Crippen molar-refractivity contribution in [3.8, 4) is 0 Å². The molecule has 124 valence electrons. The summed E-state index contributed by atoms with van der Waals surface area (Å²) in [5.74, 6) is 0.855. The number of fused-ring (bicyclic) bond motifs is 1. The first kappa shape index (κ1) is 16.9. The van der Waals surface area contributed by atoms with E-state index in [4.69, 9.17) is 23.2 Å². The van der Waals surface area contributed by atoms with E-state index in [1.54, 1.807) is 12.3 Å². The minimum atomic E-state index is 0.179. The highest BCUT2D eigenvalue weighted by atomic mass is 35.5. The van der Waals surface area contributed by atoms with Crippen LogP contribution in [-0.2, 0) is 17.6 Å². The number of nitrogens with zero attached hydrogens (tertiary/aromatic N) is 2. The number of Topliss-reactive ketones (excluding diaryl/α,β-unsaturated/α-hetero) is 1. The zero-order valence-corrected chi connectivity index (χ0v) is 14.6. The van der Waals surface area contributed by atoms with Gasteiger partial charge in [-0.15, -0.1) is 0 Å². The molecule has 3 rings (SSSR count). The van der Waals surface area contributed by atoms with Gasteiger partial charge in [0, 0.05) is 22.7 Å². The number of hydrogen-bond acceptors (Lipinski definition) is 3. The molecule has 1 N–H and O–H groups in total. The molecular weight excluding hydrogens is 345 g/mol. The van der Waals surface area contributed by atoms with E-state index in [0.29, 0.717) is 34.4 Å². The number of aryl methyl sites for hydroxylation is 1. The van der Waals surface area contributed by atoms with Gasteiger partial charge in [0.05, 0.1) is 11.9 Å². The third-order valence-corrected chi connectivity index (χ3v) is 4.20. The van der Waals surface area contributed by atoms with E-state index in [-0.39, 0.29) is 5.78 Å². The summed E-state index contributed by atoms with van der Waals surface area (Å²) in [5, 5.41) is 1.29.